The van der Waals surface area contributed by atoms with Crippen LogP contribution in [0.2, 0.25) is 5.15 Å². The van der Waals surface area contributed by atoms with Crippen LogP contribution in [-0.2, 0) is 12.7 Å². The minimum atomic E-state index is -4.66. The average Bonchev–Trinajstić information content (AvgIpc) is 3.21. The van der Waals surface area contributed by atoms with Crippen molar-refractivity contribution in [2.24, 2.45) is 0 Å². The second-order valence-corrected chi connectivity index (χ2v) is 8.57. The Morgan fingerprint density at radius 2 is 1.79 bits per heavy atom. The zero-order valence-corrected chi connectivity index (χ0v) is 20.6. The van der Waals surface area contributed by atoms with Crippen LogP contribution >= 0.6 is 11.6 Å². The van der Waals surface area contributed by atoms with Crippen molar-refractivity contribution in [1.29, 1.82) is 0 Å². The summed E-state index contributed by atoms with van der Waals surface area (Å²) in [7, 11) is 1.57. The Labute approximate surface area is 218 Å². The first-order valence-corrected chi connectivity index (χ1v) is 11.5. The summed E-state index contributed by atoms with van der Waals surface area (Å²) in [5.41, 5.74) is 0.225. The predicted octanol–water partition coefficient (Wildman–Crippen LogP) is 6.20. The Hall–Kier alpha value is -4.32. The van der Waals surface area contributed by atoms with Gasteiger partial charge < -0.3 is 14.6 Å². The number of hydrogen-bond acceptors (Lipinski definition) is 7. The molecule has 4 heterocycles. The van der Waals surface area contributed by atoms with Crippen LogP contribution in [0.5, 0.6) is 5.75 Å². The monoisotopic (exact) mass is 543 g/mol. The number of methoxy groups -OCH3 is 1. The van der Waals surface area contributed by atoms with E-state index < -0.39 is 17.7 Å². The van der Waals surface area contributed by atoms with Crippen LogP contribution < -0.4 is 10.1 Å². The summed E-state index contributed by atoms with van der Waals surface area (Å²) >= 11 is 5.93. The Morgan fingerprint density at radius 1 is 1.03 bits per heavy atom. The highest BCUT2D eigenvalue weighted by Gasteiger charge is 2.33. The lowest BCUT2D eigenvalue weighted by Crippen LogP contribution is -2.09. The zero-order valence-electron chi connectivity index (χ0n) is 19.9. The van der Waals surface area contributed by atoms with Crippen molar-refractivity contribution >= 4 is 34.3 Å². The topological polar surface area (TPSA) is 90.6 Å². The van der Waals surface area contributed by atoms with Crippen LogP contribution in [0.3, 0.4) is 0 Å². The molecule has 0 spiro atoms. The fourth-order valence-corrected chi connectivity index (χ4v) is 3.93. The van der Waals surface area contributed by atoms with Crippen molar-refractivity contribution < 1.29 is 22.3 Å². The second-order valence-electron chi connectivity index (χ2n) is 8.18. The fourth-order valence-electron chi connectivity index (χ4n) is 3.77. The minimum absolute atomic E-state index is 0.0279. The van der Waals surface area contributed by atoms with Crippen molar-refractivity contribution in [2.45, 2.75) is 19.6 Å². The lowest BCUT2D eigenvalue weighted by molar-refractivity contribution is -0.141. The van der Waals surface area contributed by atoms with Crippen LogP contribution in [0, 0.1) is 12.7 Å². The summed E-state index contributed by atoms with van der Waals surface area (Å²) in [6, 6.07) is 12.0. The Bertz CT molecular complexity index is 1640. The Morgan fingerprint density at radius 3 is 2.50 bits per heavy atom. The lowest BCUT2D eigenvalue weighted by Gasteiger charge is -2.12. The first-order valence-electron chi connectivity index (χ1n) is 11.1. The number of aryl methyl sites for hydroxylation is 1. The van der Waals surface area contributed by atoms with Crippen LogP contribution in [0.25, 0.3) is 22.7 Å². The second kappa shape index (κ2) is 9.86. The molecule has 0 bridgehead atoms. The van der Waals surface area contributed by atoms with Crippen LogP contribution in [0.1, 0.15) is 17.1 Å². The van der Waals surface area contributed by atoms with E-state index in [-0.39, 0.29) is 33.7 Å². The van der Waals surface area contributed by atoms with Gasteiger partial charge in [-0.3, -0.25) is 0 Å². The third-order valence-electron chi connectivity index (χ3n) is 5.63. The number of halogens is 5. The zero-order chi connectivity index (χ0) is 27.0. The predicted molar refractivity (Wildman–Crippen MR) is 133 cm³/mol. The normalized spacial score (nSPS) is 11.7. The highest BCUT2D eigenvalue weighted by atomic mass is 35.5. The van der Waals surface area contributed by atoms with Gasteiger partial charge in [0.05, 0.1) is 25.5 Å². The van der Waals surface area contributed by atoms with Crippen LogP contribution in [0.15, 0.2) is 54.7 Å². The number of hydrogen-bond donors (Lipinski definition) is 1. The van der Waals surface area contributed by atoms with Crippen molar-refractivity contribution in [1.82, 2.24) is 29.5 Å². The van der Waals surface area contributed by atoms with Gasteiger partial charge >= 0.3 is 6.18 Å². The molecule has 5 rings (SSSR count). The molecule has 0 radical (unpaired) electrons. The Kier molecular flexibility index (Phi) is 6.57. The summed E-state index contributed by atoms with van der Waals surface area (Å²) < 4.78 is 61.5. The molecule has 0 aliphatic carbocycles. The minimum Gasteiger partial charge on any atom is -0.497 e. The van der Waals surface area contributed by atoms with Crippen LogP contribution in [-0.4, -0.2) is 36.6 Å². The highest BCUT2D eigenvalue weighted by Crippen LogP contribution is 2.32. The molecule has 0 saturated heterocycles. The van der Waals surface area contributed by atoms with Crippen molar-refractivity contribution in [2.75, 3.05) is 12.4 Å². The van der Waals surface area contributed by atoms with Gasteiger partial charge in [0.15, 0.2) is 28.6 Å². The Balaban J connectivity index is 1.68. The summed E-state index contributed by atoms with van der Waals surface area (Å²) in [5.74, 6) is 0.472. The van der Waals surface area contributed by atoms with Gasteiger partial charge in [-0.05, 0) is 36.8 Å². The fraction of sp³-hybridized carbons (Fsp3) is 0.160. The van der Waals surface area contributed by atoms with E-state index in [9.17, 15) is 17.6 Å². The molecule has 5 aromatic rings. The molecule has 0 amide bonds. The van der Waals surface area contributed by atoms with Gasteiger partial charge in [-0.25, -0.2) is 29.3 Å². The SMILES string of the molecule is COc1ccc(Cn2c(C)nc3c(Nc4cc(Cl)ncc4F)nc(-c4cccc(C(F)(F)F)n4)nc32)cc1. The maximum atomic E-state index is 14.5. The maximum Gasteiger partial charge on any atom is 0.433 e. The third kappa shape index (κ3) is 5.07. The average molecular weight is 544 g/mol. The van der Waals surface area contributed by atoms with Gasteiger partial charge in [0, 0.05) is 6.07 Å². The standard InChI is InChI=1S/C25H18ClF4N7O/c1-13-32-21-23(34-18-10-20(26)31-11-16(18)27)35-22(17-4-3-5-19(33-17)25(28,29)30)36-24(21)37(13)12-14-6-8-15(38-2)9-7-14/h3-11H,12H2,1-2H3,(H,31,34,35,36). The van der Waals surface area contributed by atoms with Gasteiger partial charge in [0.1, 0.15) is 28.1 Å². The van der Waals surface area contributed by atoms with E-state index in [1.54, 1.807) is 30.7 Å². The lowest BCUT2D eigenvalue weighted by atomic mass is 10.2. The van der Waals surface area contributed by atoms with Crippen LogP contribution in [0.4, 0.5) is 29.1 Å². The molecule has 0 saturated carbocycles. The molecule has 1 N–H and O–H groups in total. The quantitative estimate of drug-likeness (QED) is 0.201. The van der Waals surface area contributed by atoms with E-state index in [4.69, 9.17) is 16.3 Å². The molecule has 0 aliphatic heterocycles. The summed E-state index contributed by atoms with van der Waals surface area (Å²) in [6.07, 6.45) is -3.73. The number of pyridine rings is 2. The van der Waals surface area contributed by atoms with Gasteiger partial charge in [0.2, 0.25) is 0 Å². The third-order valence-corrected chi connectivity index (χ3v) is 5.84. The van der Waals surface area contributed by atoms with Crippen molar-refractivity contribution in [3.8, 4) is 17.3 Å². The first-order chi connectivity index (χ1) is 18.1. The molecule has 8 nitrogen and oxygen atoms in total. The van der Waals surface area contributed by atoms with E-state index in [2.05, 4.69) is 30.2 Å². The van der Waals surface area contributed by atoms with E-state index in [0.29, 0.717) is 23.8 Å². The molecule has 0 atom stereocenters. The molecule has 0 fully saturated rings. The smallest absolute Gasteiger partial charge is 0.433 e. The number of alkyl halides is 3. The van der Waals surface area contributed by atoms with E-state index in [0.717, 1.165) is 17.8 Å². The number of nitrogens with zero attached hydrogens (tertiary/aromatic N) is 6. The summed E-state index contributed by atoms with van der Waals surface area (Å²) in [4.78, 5) is 20.9. The van der Waals surface area contributed by atoms with E-state index in [1.807, 2.05) is 12.1 Å². The largest absolute Gasteiger partial charge is 0.497 e. The van der Waals surface area contributed by atoms with Gasteiger partial charge in [0.25, 0.3) is 0 Å². The summed E-state index contributed by atoms with van der Waals surface area (Å²) in [6.45, 7) is 2.09. The van der Waals surface area contributed by atoms with E-state index >= 15 is 0 Å². The molecule has 38 heavy (non-hydrogen) atoms. The molecule has 13 heteroatoms. The molecular weight excluding hydrogens is 526 g/mol. The highest BCUT2D eigenvalue weighted by molar-refractivity contribution is 6.29. The van der Waals surface area contributed by atoms with Gasteiger partial charge in [-0.1, -0.05) is 29.8 Å². The van der Waals surface area contributed by atoms with Gasteiger partial charge in [-0.15, -0.1) is 0 Å². The first kappa shape index (κ1) is 25.3. The molecule has 0 unspecified atom stereocenters. The van der Waals surface area contributed by atoms with Gasteiger partial charge in [-0.2, -0.15) is 13.2 Å². The summed E-state index contributed by atoms with van der Waals surface area (Å²) in [5, 5.41) is 2.87. The van der Waals surface area contributed by atoms with Crippen molar-refractivity contribution in [3.63, 3.8) is 0 Å². The number of ether oxygens (including phenoxy) is 1. The molecular formula is C25H18ClF4N7O. The number of benzene rings is 1. The molecule has 1 aromatic carbocycles. The molecule has 4 aromatic heterocycles. The van der Waals surface area contributed by atoms with Crippen molar-refractivity contribution in [3.05, 3.63) is 82.8 Å². The number of fused-ring (bicyclic) bond motifs is 1. The number of nitrogens with one attached hydrogen (secondary N) is 1. The molecule has 0 aliphatic rings. The number of anilines is 2. The number of imidazole rings is 1. The molecule has 194 valence electrons. The number of aromatic nitrogens is 6. The maximum absolute atomic E-state index is 14.5. The number of rotatable bonds is 6. The van der Waals surface area contributed by atoms with E-state index in [1.165, 1.54) is 18.2 Å².